The van der Waals surface area contributed by atoms with Gasteiger partial charge in [-0.15, -0.1) is 0 Å². The van der Waals surface area contributed by atoms with Gasteiger partial charge in [0, 0.05) is 61.7 Å². The number of rotatable bonds is 13. The van der Waals surface area contributed by atoms with E-state index < -0.39 is 18.0 Å². The summed E-state index contributed by atoms with van der Waals surface area (Å²) in [6.45, 7) is 13.2. The topological polar surface area (TPSA) is 195 Å². The van der Waals surface area contributed by atoms with Crippen LogP contribution in [-0.4, -0.2) is 95.7 Å². The number of nitriles is 1. The van der Waals surface area contributed by atoms with Crippen LogP contribution in [0, 0.1) is 27.6 Å². The van der Waals surface area contributed by atoms with Gasteiger partial charge in [0.2, 0.25) is 11.8 Å². The molecule has 4 amide bonds. The Morgan fingerprint density at radius 3 is 2.40 bits per heavy atom. The van der Waals surface area contributed by atoms with Gasteiger partial charge in [0.25, 0.3) is 5.91 Å². The maximum absolute atomic E-state index is 13.4. The number of nitrogens with one attached hydrogen (secondary N) is 4. The van der Waals surface area contributed by atoms with Crippen molar-refractivity contribution in [3.63, 3.8) is 0 Å². The number of piperidine rings is 1. The van der Waals surface area contributed by atoms with Crippen LogP contribution in [0.4, 0.5) is 10.6 Å². The van der Waals surface area contributed by atoms with Crippen LogP contribution in [0.2, 0.25) is 5.02 Å². The molecule has 2 aliphatic heterocycles. The average Bonchev–Trinajstić information content (AvgIpc) is 3.19. The van der Waals surface area contributed by atoms with Crippen LogP contribution in [0.1, 0.15) is 75.7 Å². The molecule has 1 aromatic carbocycles. The van der Waals surface area contributed by atoms with E-state index in [2.05, 4.69) is 64.5 Å². The lowest BCUT2D eigenvalue weighted by Gasteiger charge is -2.63. The van der Waals surface area contributed by atoms with Crippen molar-refractivity contribution in [1.29, 1.82) is 10.7 Å². The first kappa shape index (κ1) is 41.2. The van der Waals surface area contributed by atoms with Gasteiger partial charge < -0.3 is 25.0 Å². The first-order valence-corrected chi connectivity index (χ1v) is 19.7. The average molecular weight is 800 g/mol. The Kier molecular flexibility index (Phi) is 12.5. The number of benzene rings is 1. The Morgan fingerprint density at radius 1 is 1.00 bits per heavy atom. The molecule has 0 bridgehead atoms. The van der Waals surface area contributed by atoms with Crippen molar-refractivity contribution in [1.82, 2.24) is 30.4 Å². The molecule has 302 valence electrons. The largest absolute Gasteiger partial charge is 0.492 e. The second-order valence-electron chi connectivity index (χ2n) is 16.0. The van der Waals surface area contributed by atoms with E-state index in [0.717, 1.165) is 62.4 Å². The van der Waals surface area contributed by atoms with Crippen LogP contribution < -0.4 is 35.8 Å². The van der Waals surface area contributed by atoms with Crippen LogP contribution in [-0.2, 0) is 9.59 Å². The number of halogens is 1. The molecule has 2 saturated heterocycles. The third-order valence-corrected chi connectivity index (χ3v) is 11.5. The van der Waals surface area contributed by atoms with Crippen LogP contribution in [0.3, 0.4) is 0 Å². The number of amides is 4. The molecule has 16 heteroatoms. The smallest absolute Gasteiger partial charge is 0.327 e. The SMILES string of the molecule is CC1(C)C(NC(=O)c2ccc(N3CCN(CCCCCOc4ccc(=N)n(C(=O)NC5CCC(=O)NC5=O)c4)CC3)nc2)C(C)(C)C1Oc1ccc(C#N)c(Cl)c1. The zero-order valence-corrected chi connectivity index (χ0v) is 33.5. The van der Waals surface area contributed by atoms with E-state index in [0.29, 0.717) is 34.3 Å². The van der Waals surface area contributed by atoms with Gasteiger partial charge >= 0.3 is 6.03 Å². The van der Waals surface area contributed by atoms with Gasteiger partial charge in [-0.1, -0.05) is 39.3 Å². The standard InChI is InChI=1S/C41H50ClN9O6/c1-40(2)37(41(3,4)38(40)57-28-10-8-26(23-43)30(42)22-28)48-35(53)27-9-14-33(45-24-27)50-19-17-49(18-20-50)16-6-5-7-21-56-29-11-13-32(44)51(25-29)39(55)46-31-12-15-34(52)47-36(31)54/h8-11,13-14,22,24-25,31,37-38,44H,5-7,12,15-21H2,1-4H3,(H,46,55)(H,48,53)(H,47,52,54). The molecule has 57 heavy (non-hydrogen) atoms. The van der Waals surface area contributed by atoms with E-state index in [1.807, 2.05) is 12.1 Å². The summed E-state index contributed by atoms with van der Waals surface area (Å²) >= 11 is 6.23. The highest BCUT2D eigenvalue weighted by atomic mass is 35.5. The Labute approximate surface area is 337 Å². The van der Waals surface area contributed by atoms with Gasteiger partial charge in [0.1, 0.15) is 41.0 Å². The van der Waals surface area contributed by atoms with E-state index >= 15 is 0 Å². The number of pyridine rings is 2. The molecule has 4 heterocycles. The van der Waals surface area contributed by atoms with Crippen molar-refractivity contribution in [3.05, 3.63) is 76.5 Å². The molecule has 0 spiro atoms. The van der Waals surface area contributed by atoms with Crippen LogP contribution in [0.5, 0.6) is 11.5 Å². The highest BCUT2D eigenvalue weighted by Crippen LogP contribution is 2.55. The van der Waals surface area contributed by atoms with E-state index in [9.17, 15) is 24.4 Å². The predicted octanol–water partition coefficient (Wildman–Crippen LogP) is 4.23. The Hall–Kier alpha value is -5.46. The predicted molar refractivity (Wildman–Crippen MR) is 212 cm³/mol. The molecule has 1 atom stereocenters. The Morgan fingerprint density at radius 2 is 1.74 bits per heavy atom. The minimum Gasteiger partial charge on any atom is -0.492 e. The lowest BCUT2D eigenvalue weighted by molar-refractivity contribution is -0.164. The number of ether oxygens (including phenoxy) is 2. The number of carbonyl (C=O) groups is 4. The number of imide groups is 1. The first-order chi connectivity index (χ1) is 27.2. The maximum Gasteiger partial charge on any atom is 0.327 e. The highest BCUT2D eigenvalue weighted by molar-refractivity contribution is 6.31. The van der Waals surface area contributed by atoms with Crippen LogP contribution >= 0.6 is 11.6 Å². The fraction of sp³-hybridized carbons (Fsp3) is 0.488. The quantitative estimate of drug-likeness (QED) is 0.144. The third kappa shape index (κ3) is 9.40. The Balaban J connectivity index is 0.887. The second-order valence-corrected chi connectivity index (χ2v) is 16.4. The molecule has 0 radical (unpaired) electrons. The van der Waals surface area contributed by atoms with Gasteiger partial charge in [0.15, 0.2) is 0 Å². The molecule has 2 aromatic heterocycles. The van der Waals surface area contributed by atoms with Gasteiger partial charge in [-0.3, -0.25) is 34.6 Å². The fourth-order valence-electron chi connectivity index (χ4n) is 8.31. The van der Waals surface area contributed by atoms with E-state index in [4.69, 9.17) is 26.5 Å². The number of hydrogen-bond donors (Lipinski definition) is 4. The van der Waals surface area contributed by atoms with Crippen molar-refractivity contribution in [2.45, 2.75) is 78.0 Å². The summed E-state index contributed by atoms with van der Waals surface area (Å²) < 4.78 is 13.3. The van der Waals surface area contributed by atoms with Crippen molar-refractivity contribution in [2.24, 2.45) is 10.8 Å². The lowest BCUT2D eigenvalue weighted by atomic mass is 9.49. The zero-order chi connectivity index (χ0) is 40.9. The minimum atomic E-state index is -0.835. The summed E-state index contributed by atoms with van der Waals surface area (Å²) in [5, 5.41) is 25.6. The molecular weight excluding hydrogens is 750 g/mol. The monoisotopic (exact) mass is 799 g/mol. The van der Waals surface area contributed by atoms with E-state index in [1.165, 1.54) is 12.3 Å². The van der Waals surface area contributed by atoms with Crippen molar-refractivity contribution >= 4 is 41.2 Å². The molecule has 3 aliphatic rings. The number of anilines is 1. The van der Waals surface area contributed by atoms with Gasteiger partial charge in [-0.05, 0) is 68.6 Å². The number of unbranched alkanes of at least 4 members (excludes halogenated alkanes) is 2. The zero-order valence-electron chi connectivity index (χ0n) is 32.8. The minimum absolute atomic E-state index is 0.0595. The fourth-order valence-corrected chi connectivity index (χ4v) is 8.52. The van der Waals surface area contributed by atoms with Crippen LogP contribution in [0.15, 0.2) is 54.9 Å². The summed E-state index contributed by atoms with van der Waals surface area (Å²) in [7, 11) is 0. The number of aromatic nitrogens is 2. The second kappa shape index (κ2) is 17.4. The highest BCUT2D eigenvalue weighted by Gasteiger charge is 2.64. The molecule has 15 nitrogen and oxygen atoms in total. The number of carbonyl (C=O) groups excluding carboxylic acids is 4. The molecule has 3 fully saturated rings. The number of piperazine rings is 1. The third-order valence-electron chi connectivity index (χ3n) is 11.2. The van der Waals surface area contributed by atoms with Crippen LogP contribution in [0.25, 0.3) is 0 Å². The van der Waals surface area contributed by atoms with Crippen molar-refractivity contribution in [2.75, 3.05) is 44.2 Å². The molecule has 4 N–H and O–H groups in total. The summed E-state index contributed by atoms with van der Waals surface area (Å²) in [5.74, 6) is 0.770. The number of hydrogen-bond acceptors (Lipinski definition) is 11. The first-order valence-electron chi connectivity index (χ1n) is 19.3. The molecule has 6 rings (SSSR count). The summed E-state index contributed by atoms with van der Waals surface area (Å²) in [4.78, 5) is 58.9. The summed E-state index contributed by atoms with van der Waals surface area (Å²) in [6, 6.07) is 12.3. The Bertz CT molecular complexity index is 2070. The summed E-state index contributed by atoms with van der Waals surface area (Å²) in [5.41, 5.74) is 0.0892. The van der Waals surface area contributed by atoms with Crippen molar-refractivity contribution in [3.8, 4) is 17.6 Å². The number of nitrogens with zero attached hydrogens (tertiary/aromatic N) is 5. The lowest BCUT2D eigenvalue weighted by Crippen LogP contribution is -2.74. The van der Waals surface area contributed by atoms with Gasteiger partial charge in [-0.2, -0.15) is 5.26 Å². The molecule has 1 unspecified atom stereocenters. The maximum atomic E-state index is 13.4. The normalized spacial score (nSPS) is 21.4. The summed E-state index contributed by atoms with van der Waals surface area (Å²) in [6.07, 6.45) is 6.03. The molecule has 3 aromatic rings. The van der Waals surface area contributed by atoms with Gasteiger partial charge in [0.05, 0.1) is 29.0 Å². The molecular formula is C41H50ClN9O6. The molecule has 1 aliphatic carbocycles. The van der Waals surface area contributed by atoms with E-state index in [1.54, 1.807) is 30.5 Å². The molecule has 1 saturated carbocycles. The van der Waals surface area contributed by atoms with E-state index in [-0.39, 0.29) is 53.1 Å². The van der Waals surface area contributed by atoms with Gasteiger partial charge in [-0.25, -0.2) is 9.78 Å². The van der Waals surface area contributed by atoms with Crippen molar-refractivity contribution < 1.29 is 28.7 Å².